The molecule has 0 fully saturated rings. The van der Waals surface area contributed by atoms with Crippen LogP contribution in [0.2, 0.25) is 0 Å². The van der Waals surface area contributed by atoms with Crippen LogP contribution in [0.3, 0.4) is 0 Å². The molecule has 10 heteroatoms. The van der Waals surface area contributed by atoms with Gasteiger partial charge in [-0.3, -0.25) is 10.1 Å². The number of nitrogens with zero attached hydrogens (tertiary/aromatic N) is 1. The number of alkyl halides is 2. The summed E-state index contributed by atoms with van der Waals surface area (Å²) in [6.07, 6.45) is 0. The topological polar surface area (TPSA) is 97.1 Å². The third kappa shape index (κ3) is 4.22. The summed E-state index contributed by atoms with van der Waals surface area (Å²) in [7, 11) is 0. The van der Waals surface area contributed by atoms with Gasteiger partial charge in [0.2, 0.25) is 0 Å². The minimum Gasteiger partial charge on any atom is -0.486 e. The first-order valence-electron chi connectivity index (χ1n) is 7.73. The SMILES string of the molecule is O=C(OCc1ccccc1OC(F)F)c1cc2c(cc1[N+](=O)[O-])OCCO2. The van der Waals surface area contributed by atoms with Crippen LogP contribution in [0.15, 0.2) is 36.4 Å². The monoisotopic (exact) mass is 381 g/mol. The molecule has 0 saturated carbocycles. The first-order chi connectivity index (χ1) is 13.0. The van der Waals surface area contributed by atoms with Crippen LogP contribution in [0.5, 0.6) is 17.2 Å². The van der Waals surface area contributed by atoms with E-state index in [1.165, 1.54) is 18.2 Å². The maximum atomic E-state index is 12.4. The Hall–Kier alpha value is -3.43. The Labute approximate surface area is 151 Å². The molecule has 2 aromatic carbocycles. The number of nitro groups is 1. The summed E-state index contributed by atoms with van der Waals surface area (Å²) in [6.45, 7) is -2.99. The number of benzene rings is 2. The van der Waals surface area contributed by atoms with Crippen LogP contribution in [-0.4, -0.2) is 30.7 Å². The van der Waals surface area contributed by atoms with Crippen LogP contribution in [0.25, 0.3) is 0 Å². The number of para-hydroxylation sites is 1. The Morgan fingerprint density at radius 1 is 1.19 bits per heavy atom. The zero-order valence-corrected chi connectivity index (χ0v) is 13.7. The average molecular weight is 381 g/mol. The second-order valence-corrected chi connectivity index (χ2v) is 5.33. The van der Waals surface area contributed by atoms with Crippen molar-refractivity contribution in [1.29, 1.82) is 0 Å². The van der Waals surface area contributed by atoms with Gasteiger partial charge in [0.25, 0.3) is 5.69 Å². The fourth-order valence-electron chi connectivity index (χ4n) is 2.45. The minimum absolute atomic E-state index is 0.153. The van der Waals surface area contributed by atoms with Gasteiger partial charge in [0.1, 0.15) is 31.1 Å². The summed E-state index contributed by atoms with van der Waals surface area (Å²) >= 11 is 0. The normalized spacial score (nSPS) is 12.6. The maximum absolute atomic E-state index is 12.4. The molecule has 0 atom stereocenters. The van der Waals surface area contributed by atoms with Crippen LogP contribution >= 0.6 is 0 Å². The Kier molecular flexibility index (Phi) is 5.34. The first kappa shape index (κ1) is 18.4. The fraction of sp³-hybridized carbons (Fsp3) is 0.235. The molecule has 0 saturated heterocycles. The number of rotatable bonds is 6. The molecule has 1 heterocycles. The molecule has 27 heavy (non-hydrogen) atoms. The number of carbonyl (C=O) groups is 1. The number of esters is 1. The highest BCUT2D eigenvalue weighted by Crippen LogP contribution is 2.37. The van der Waals surface area contributed by atoms with Gasteiger partial charge >= 0.3 is 12.6 Å². The molecular formula is C17H13F2NO7. The van der Waals surface area contributed by atoms with Crippen molar-refractivity contribution in [1.82, 2.24) is 0 Å². The lowest BCUT2D eigenvalue weighted by molar-refractivity contribution is -0.385. The third-order valence-corrected chi connectivity index (χ3v) is 3.62. The van der Waals surface area contributed by atoms with Gasteiger partial charge in [-0.05, 0) is 6.07 Å². The van der Waals surface area contributed by atoms with Gasteiger partial charge < -0.3 is 18.9 Å². The number of ether oxygens (including phenoxy) is 4. The average Bonchev–Trinajstić information content (AvgIpc) is 2.65. The smallest absolute Gasteiger partial charge is 0.387 e. The Bertz CT molecular complexity index is 872. The summed E-state index contributed by atoms with van der Waals surface area (Å²) < 4.78 is 44.9. The van der Waals surface area contributed by atoms with Crippen molar-refractivity contribution in [2.45, 2.75) is 13.2 Å². The molecule has 1 aliphatic rings. The molecule has 0 amide bonds. The van der Waals surface area contributed by atoms with Gasteiger partial charge in [-0.2, -0.15) is 8.78 Å². The van der Waals surface area contributed by atoms with E-state index in [4.69, 9.17) is 14.2 Å². The van der Waals surface area contributed by atoms with Crippen LogP contribution in [0, 0.1) is 10.1 Å². The summed E-state index contributed by atoms with van der Waals surface area (Å²) in [6, 6.07) is 8.00. The second-order valence-electron chi connectivity index (χ2n) is 5.33. The molecule has 0 radical (unpaired) electrons. The van der Waals surface area contributed by atoms with E-state index in [1.54, 1.807) is 6.07 Å². The molecule has 2 aromatic rings. The standard InChI is InChI=1S/C17H13F2NO7/c18-17(19)27-13-4-2-1-3-10(13)9-26-16(21)11-7-14-15(25-6-5-24-14)8-12(11)20(22)23/h1-4,7-8,17H,5-6,9H2. The number of carbonyl (C=O) groups excluding carboxylic acids is 1. The molecular weight excluding hydrogens is 368 g/mol. The lowest BCUT2D eigenvalue weighted by Crippen LogP contribution is -2.17. The second kappa shape index (κ2) is 7.85. The summed E-state index contributed by atoms with van der Waals surface area (Å²) in [5.41, 5.74) is -0.663. The summed E-state index contributed by atoms with van der Waals surface area (Å²) in [4.78, 5) is 22.9. The van der Waals surface area contributed by atoms with E-state index < -0.39 is 29.8 Å². The van der Waals surface area contributed by atoms with Crippen molar-refractivity contribution < 1.29 is 37.4 Å². The van der Waals surface area contributed by atoms with Crippen molar-refractivity contribution in [3.05, 3.63) is 57.6 Å². The van der Waals surface area contributed by atoms with E-state index in [2.05, 4.69) is 4.74 Å². The van der Waals surface area contributed by atoms with E-state index in [0.29, 0.717) is 0 Å². The Morgan fingerprint density at radius 2 is 1.85 bits per heavy atom. The molecule has 0 spiro atoms. The van der Waals surface area contributed by atoms with Crippen molar-refractivity contribution in [2.24, 2.45) is 0 Å². The van der Waals surface area contributed by atoms with Crippen LogP contribution in [0.1, 0.15) is 15.9 Å². The van der Waals surface area contributed by atoms with Crippen molar-refractivity contribution in [2.75, 3.05) is 13.2 Å². The van der Waals surface area contributed by atoms with Crippen LogP contribution in [0.4, 0.5) is 14.5 Å². The molecule has 0 N–H and O–H groups in total. The third-order valence-electron chi connectivity index (χ3n) is 3.62. The van der Waals surface area contributed by atoms with Gasteiger partial charge in [0.15, 0.2) is 11.5 Å². The van der Waals surface area contributed by atoms with Crippen LogP contribution in [-0.2, 0) is 11.3 Å². The number of hydrogen-bond acceptors (Lipinski definition) is 7. The van der Waals surface area contributed by atoms with Gasteiger partial charge in [-0.25, -0.2) is 4.79 Å². The van der Waals surface area contributed by atoms with Gasteiger partial charge in [-0.1, -0.05) is 18.2 Å². The number of nitro benzene ring substituents is 1. The Morgan fingerprint density at radius 3 is 2.52 bits per heavy atom. The van der Waals surface area contributed by atoms with Crippen molar-refractivity contribution in [3.8, 4) is 17.2 Å². The molecule has 0 bridgehead atoms. The van der Waals surface area contributed by atoms with Gasteiger partial charge in [0, 0.05) is 11.6 Å². The van der Waals surface area contributed by atoms with E-state index in [-0.39, 0.29) is 41.6 Å². The zero-order valence-electron chi connectivity index (χ0n) is 13.7. The van der Waals surface area contributed by atoms with E-state index >= 15 is 0 Å². The predicted octanol–water partition coefficient (Wildman–Crippen LogP) is 3.32. The number of fused-ring (bicyclic) bond motifs is 1. The number of halogens is 2. The molecule has 0 aromatic heterocycles. The molecule has 1 aliphatic heterocycles. The van der Waals surface area contributed by atoms with Gasteiger partial charge in [0.05, 0.1) is 11.0 Å². The van der Waals surface area contributed by atoms with Gasteiger partial charge in [-0.15, -0.1) is 0 Å². The summed E-state index contributed by atoms with van der Waals surface area (Å²) in [5.74, 6) is -0.831. The highest BCUT2D eigenvalue weighted by Gasteiger charge is 2.27. The summed E-state index contributed by atoms with van der Waals surface area (Å²) in [5, 5.41) is 11.3. The fourth-order valence-corrected chi connectivity index (χ4v) is 2.45. The highest BCUT2D eigenvalue weighted by molar-refractivity contribution is 5.95. The number of hydrogen-bond donors (Lipinski definition) is 0. The highest BCUT2D eigenvalue weighted by atomic mass is 19.3. The van der Waals surface area contributed by atoms with E-state index in [0.717, 1.165) is 12.1 Å². The van der Waals surface area contributed by atoms with Crippen LogP contribution < -0.4 is 14.2 Å². The minimum atomic E-state index is -3.04. The van der Waals surface area contributed by atoms with E-state index in [9.17, 15) is 23.7 Å². The molecule has 0 unspecified atom stereocenters. The first-order valence-corrected chi connectivity index (χ1v) is 7.73. The lowest BCUT2D eigenvalue weighted by Gasteiger charge is -2.18. The lowest BCUT2D eigenvalue weighted by atomic mass is 10.1. The predicted molar refractivity (Wildman–Crippen MR) is 86.3 cm³/mol. The van der Waals surface area contributed by atoms with E-state index in [1.807, 2.05) is 0 Å². The molecule has 8 nitrogen and oxygen atoms in total. The van der Waals surface area contributed by atoms with Crippen molar-refractivity contribution in [3.63, 3.8) is 0 Å². The molecule has 142 valence electrons. The Balaban J connectivity index is 1.82. The quantitative estimate of drug-likeness (QED) is 0.430. The molecule has 0 aliphatic carbocycles. The molecule has 3 rings (SSSR count). The maximum Gasteiger partial charge on any atom is 0.387 e. The van der Waals surface area contributed by atoms with Crippen molar-refractivity contribution >= 4 is 11.7 Å². The largest absolute Gasteiger partial charge is 0.486 e. The zero-order chi connectivity index (χ0) is 19.4.